The van der Waals surface area contributed by atoms with E-state index in [2.05, 4.69) is 53.3 Å². The molecule has 45 heavy (non-hydrogen) atoms. The lowest BCUT2D eigenvalue weighted by Gasteiger charge is -2.29. The number of aromatic nitrogens is 1. The molecule has 8 nitrogen and oxygen atoms in total. The maximum Gasteiger partial charge on any atom is 0.318 e. The number of nitrogens with zero attached hydrogens (tertiary/aromatic N) is 3. The van der Waals surface area contributed by atoms with Crippen molar-refractivity contribution < 1.29 is 14.3 Å². The molecule has 1 saturated heterocycles. The lowest BCUT2D eigenvalue weighted by Crippen LogP contribution is -2.49. The minimum absolute atomic E-state index is 0.0215. The van der Waals surface area contributed by atoms with Gasteiger partial charge in [0.05, 0.1) is 36.5 Å². The number of amides is 2. The smallest absolute Gasteiger partial charge is 0.318 e. The van der Waals surface area contributed by atoms with E-state index in [0.29, 0.717) is 38.5 Å². The Morgan fingerprint density at radius 3 is 2.24 bits per heavy atom. The number of ketones is 1. The molecule has 4 rings (SSSR count). The molecular formula is C36H51N5O3S. The van der Waals surface area contributed by atoms with Crippen molar-refractivity contribution in [1.29, 1.82) is 0 Å². The zero-order chi connectivity index (χ0) is 32.0. The van der Waals surface area contributed by atoms with Crippen LogP contribution in [0.15, 0.2) is 66.0 Å². The summed E-state index contributed by atoms with van der Waals surface area (Å²) in [5, 5.41) is 6.17. The number of nitrogens with two attached hydrogens (primary N) is 1. The Hall–Kier alpha value is -3.11. The molecule has 0 saturated carbocycles. The maximum absolute atomic E-state index is 14.0. The summed E-state index contributed by atoms with van der Waals surface area (Å²) in [6.45, 7) is 8.44. The number of morpholine rings is 1. The van der Waals surface area contributed by atoms with Crippen molar-refractivity contribution >= 4 is 23.2 Å². The second-order valence-corrected chi connectivity index (χ2v) is 13.6. The number of carbonyl (C=O) groups excluding carboxylic acids is 2. The highest BCUT2D eigenvalue weighted by molar-refractivity contribution is 7.09. The monoisotopic (exact) mass is 633 g/mol. The number of benzene rings is 2. The first-order valence-corrected chi connectivity index (χ1v) is 17.3. The van der Waals surface area contributed by atoms with Crippen molar-refractivity contribution in [3.05, 3.63) is 87.9 Å². The highest BCUT2D eigenvalue weighted by Gasteiger charge is 2.27. The molecule has 0 spiro atoms. The molecule has 1 aliphatic rings. The molecule has 2 aromatic carbocycles. The van der Waals surface area contributed by atoms with Crippen LogP contribution >= 0.6 is 11.3 Å². The van der Waals surface area contributed by atoms with E-state index in [0.717, 1.165) is 56.0 Å². The van der Waals surface area contributed by atoms with Crippen LogP contribution in [0.2, 0.25) is 0 Å². The average molecular weight is 634 g/mol. The molecule has 3 aromatic rings. The van der Waals surface area contributed by atoms with Gasteiger partial charge in [0.1, 0.15) is 0 Å². The van der Waals surface area contributed by atoms with Crippen molar-refractivity contribution in [2.24, 2.45) is 11.7 Å². The molecule has 0 unspecified atom stereocenters. The molecule has 2 heterocycles. The number of Topliss-reactive ketones (excluding diaryl/α,β-unsaturated/α-hetero) is 1. The van der Waals surface area contributed by atoms with Crippen molar-refractivity contribution in [3.8, 4) is 0 Å². The van der Waals surface area contributed by atoms with Crippen molar-refractivity contribution in [2.75, 3.05) is 39.9 Å². The Morgan fingerprint density at radius 2 is 1.62 bits per heavy atom. The average Bonchev–Trinajstić information content (AvgIpc) is 3.52. The van der Waals surface area contributed by atoms with E-state index in [1.807, 2.05) is 41.8 Å². The topological polar surface area (TPSA) is 101 Å². The molecule has 1 fully saturated rings. The van der Waals surface area contributed by atoms with Gasteiger partial charge >= 0.3 is 6.03 Å². The Labute approximate surface area is 273 Å². The standard InChI is InChI=1S/C36H51N5O3S/c1-27(2)35-38-32(26-45-35)25-40(3)36(43)39-33(16-17-41-18-20-44-21-19-41)34(42)24-30(22-28-10-6-4-7-11-28)14-15-31(37)23-29-12-8-5-9-13-29/h4-13,26-27,30-31,33H,14-25,37H2,1-3H3,(H,39,43)/t30-,31-,33+/m1/s1. The van der Waals surface area contributed by atoms with E-state index in [9.17, 15) is 9.59 Å². The van der Waals surface area contributed by atoms with E-state index in [-0.39, 0.29) is 23.8 Å². The summed E-state index contributed by atoms with van der Waals surface area (Å²) in [5.41, 5.74) is 9.89. The van der Waals surface area contributed by atoms with Gasteiger partial charge in [-0.05, 0) is 49.1 Å². The van der Waals surface area contributed by atoms with Gasteiger partial charge in [0.2, 0.25) is 0 Å². The molecule has 1 aliphatic heterocycles. The van der Waals surface area contributed by atoms with Crippen molar-refractivity contribution in [3.63, 3.8) is 0 Å². The molecule has 3 N–H and O–H groups in total. The number of hydrogen-bond donors (Lipinski definition) is 2. The van der Waals surface area contributed by atoms with Crippen LogP contribution in [-0.4, -0.2) is 78.6 Å². The molecule has 0 bridgehead atoms. The van der Waals surface area contributed by atoms with Gasteiger partial charge in [-0.3, -0.25) is 9.69 Å². The summed E-state index contributed by atoms with van der Waals surface area (Å²) in [6, 6.07) is 19.9. The third-order valence-corrected chi connectivity index (χ3v) is 9.67. The Morgan fingerprint density at radius 1 is 0.978 bits per heavy atom. The van der Waals surface area contributed by atoms with E-state index in [4.69, 9.17) is 10.5 Å². The van der Waals surface area contributed by atoms with Crippen LogP contribution < -0.4 is 11.1 Å². The van der Waals surface area contributed by atoms with Crippen LogP contribution in [0.3, 0.4) is 0 Å². The predicted octanol–water partition coefficient (Wildman–Crippen LogP) is 5.67. The van der Waals surface area contributed by atoms with Gasteiger partial charge in [-0.25, -0.2) is 9.78 Å². The quantitative estimate of drug-likeness (QED) is 0.199. The number of urea groups is 1. The molecule has 9 heteroatoms. The van der Waals surface area contributed by atoms with Gasteiger partial charge in [-0.1, -0.05) is 74.5 Å². The lowest BCUT2D eigenvalue weighted by molar-refractivity contribution is -0.122. The first-order chi connectivity index (χ1) is 21.8. The molecule has 1 aromatic heterocycles. The van der Waals surface area contributed by atoms with Gasteiger partial charge in [0, 0.05) is 50.4 Å². The molecule has 2 amide bonds. The van der Waals surface area contributed by atoms with Crippen molar-refractivity contribution in [1.82, 2.24) is 20.1 Å². The van der Waals surface area contributed by atoms with Crippen LogP contribution in [0.1, 0.15) is 67.3 Å². The van der Waals surface area contributed by atoms with Crippen LogP contribution in [-0.2, 0) is 28.9 Å². The SMILES string of the molecule is CC(C)c1nc(CN(C)C(=O)N[C@@H](CCN2CCOCC2)C(=O)C[C@H](CC[C@@H](N)Cc2ccccc2)Cc2ccccc2)cs1. The highest BCUT2D eigenvalue weighted by atomic mass is 32.1. The van der Waals surface area contributed by atoms with Gasteiger partial charge < -0.3 is 20.7 Å². The van der Waals surface area contributed by atoms with Gasteiger partial charge in [-0.2, -0.15) is 0 Å². The first-order valence-electron chi connectivity index (χ1n) is 16.4. The van der Waals surface area contributed by atoms with Crippen molar-refractivity contribution in [2.45, 2.75) is 76.9 Å². The number of rotatable bonds is 17. The maximum atomic E-state index is 14.0. The molecule has 3 atom stereocenters. The third-order valence-electron chi connectivity index (χ3n) is 8.48. The number of carbonyl (C=O) groups is 2. The zero-order valence-electron chi connectivity index (χ0n) is 27.2. The van der Waals surface area contributed by atoms with Gasteiger partial charge in [-0.15, -0.1) is 11.3 Å². The second kappa shape index (κ2) is 18.1. The minimum Gasteiger partial charge on any atom is -0.379 e. The largest absolute Gasteiger partial charge is 0.379 e. The minimum atomic E-state index is -0.569. The van der Waals surface area contributed by atoms with Crippen LogP contribution in [0, 0.1) is 5.92 Å². The summed E-state index contributed by atoms with van der Waals surface area (Å²) in [4.78, 5) is 36.1. The van der Waals surface area contributed by atoms with Crippen LogP contribution in [0.25, 0.3) is 0 Å². The Bertz CT molecular complexity index is 1300. The fourth-order valence-corrected chi connectivity index (χ4v) is 6.63. The Kier molecular flexibility index (Phi) is 14.0. The summed E-state index contributed by atoms with van der Waals surface area (Å²) in [7, 11) is 1.76. The fraction of sp³-hybridized carbons (Fsp3) is 0.528. The number of thiazole rings is 1. The number of hydrogen-bond acceptors (Lipinski definition) is 7. The fourth-order valence-electron chi connectivity index (χ4n) is 5.80. The van der Waals surface area contributed by atoms with E-state index >= 15 is 0 Å². The molecule has 0 aliphatic carbocycles. The lowest BCUT2D eigenvalue weighted by atomic mass is 9.86. The summed E-state index contributed by atoms with van der Waals surface area (Å²) >= 11 is 1.62. The van der Waals surface area contributed by atoms with E-state index in [1.54, 1.807) is 23.3 Å². The second-order valence-electron chi connectivity index (χ2n) is 12.7. The highest BCUT2D eigenvalue weighted by Crippen LogP contribution is 2.22. The first kappa shape index (κ1) is 34.8. The number of ether oxygens (including phenoxy) is 1. The summed E-state index contributed by atoms with van der Waals surface area (Å²) < 4.78 is 5.52. The predicted molar refractivity (Wildman–Crippen MR) is 182 cm³/mol. The van der Waals surface area contributed by atoms with Gasteiger partial charge in [0.25, 0.3) is 0 Å². The van der Waals surface area contributed by atoms with E-state index < -0.39 is 6.04 Å². The Balaban J connectivity index is 1.42. The third kappa shape index (κ3) is 12.0. The van der Waals surface area contributed by atoms with Crippen LogP contribution in [0.4, 0.5) is 4.79 Å². The van der Waals surface area contributed by atoms with Crippen LogP contribution in [0.5, 0.6) is 0 Å². The molecule has 0 radical (unpaired) electrons. The zero-order valence-corrected chi connectivity index (χ0v) is 28.0. The number of nitrogens with one attached hydrogen (secondary N) is 1. The van der Waals surface area contributed by atoms with E-state index in [1.165, 1.54) is 11.1 Å². The van der Waals surface area contributed by atoms with Gasteiger partial charge in [0.15, 0.2) is 5.78 Å². The molecule has 244 valence electrons. The normalized spacial score (nSPS) is 15.8. The molecular weight excluding hydrogens is 582 g/mol. The summed E-state index contributed by atoms with van der Waals surface area (Å²) in [6.07, 6.45) is 4.26. The summed E-state index contributed by atoms with van der Waals surface area (Å²) in [5.74, 6) is 0.562.